The van der Waals surface area contributed by atoms with Gasteiger partial charge in [0.05, 0.1) is 11.5 Å². The molecule has 0 aromatic rings. The predicted octanol–water partition coefficient (Wildman–Crippen LogP) is -0.285. The molecule has 4 nitrogen and oxygen atoms in total. The lowest BCUT2D eigenvalue weighted by molar-refractivity contribution is 0.0701. The van der Waals surface area contributed by atoms with E-state index < -0.39 is 9.84 Å². The molecule has 2 atom stereocenters. The van der Waals surface area contributed by atoms with E-state index in [4.69, 9.17) is 0 Å². The minimum absolute atomic E-state index is 0.357. The van der Waals surface area contributed by atoms with Gasteiger partial charge in [0.25, 0.3) is 0 Å². The molecule has 0 radical (unpaired) electrons. The normalized spacial score (nSPS) is 36.1. The summed E-state index contributed by atoms with van der Waals surface area (Å²) in [5.74, 6) is 1.45. The molecule has 15 heavy (non-hydrogen) atoms. The third-order valence-electron chi connectivity index (χ3n) is 3.69. The minimum atomic E-state index is -2.72. The largest absolute Gasteiger partial charge is 0.319 e. The second-order valence-corrected chi connectivity index (χ2v) is 6.95. The molecule has 2 aliphatic rings. The molecule has 1 aliphatic heterocycles. The van der Waals surface area contributed by atoms with Gasteiger partial charge in [0.1, 0.15) is 0 Å². The van der Waals surface area contributed by atoms with Crippen LogP contribution in [0.15, 0.2) is 0 Å². The molecule has 5 heteroatoms. The van der Waals surface area contributed by atoms with Crippen LogP contribution in [-0.2, 0) is 9.84 Å². The maximum Gasteiger partial charge on any atom is 0.152 e. The van der Waals surface area contributed by atoms with Crippen molar-refractivity contribution in [3.63, 3.8) is 0 Å². The summed E-state index contributed by atoms with van der Waals surface area (Å²) in [4.78, 5) is 2.37. The predicted molar refractivity (Wildman–Crippen MR) is 60.7 cm³/mol. The van der Waals surface area contributed by atoms with E-state index in [2.05, 4.69) is 10.2 Å². The fourth-order valence-corrected chi connectivity index (χ4v) is 3.82. The molecule has 1 saturated heterocycles. The van der Waals surface area contributed by atoms with Crippen molar-refractivity contribution in [1.82, 2.24) is 10.2 Å². The lowest BCUT2D eigenvalue weighted by Gasteiger charge is -2.45. The third-order valence-corrected chi connectivity index (χ3v) is 5.30. The monoisotopic (exact) mass is 232 g/mol. The van der Waals surface area contributed by atoms with Crippen molar-refractivity contribution in [2.45, 2.75) is 18.9 Å². The van der Waals surface area contributed by atoms with Crippen molar-refractivity contribution in [2.24, 2.45) is 5.92 Å². The molecule has 0 spiro atoms. The number of hydrogen-bond acceptors (Lipinski definition) is 4. The smallest absolute Gasteiger partial charge is 0.152 e. The standard InChI is InChI=1S/C10H20N2O2S/c1-11-8-9-2-3-10(9)12-4-6-15(13,14)7-5-12/h9-11H,2-8H2,1H3. The molecule has 0 aromatic carbocycles. The molecule has 0 aromatic heterocycles. The Balaban J connectivity index is 1.86. The lowest BCUT2D eigenvalue weighted by Crippen LogP contribution is -2.54. The molecule has 2 rings (SSSR count). The maximum atomic E-state index is 11.3. The number of nitrogens with zero attached hydrogens (tertiary/aromatic N) is 1. The number of rotatable bonds is 3. The van der Waals surface area contributed by atoms with E-state index in [1.165, 1.54) is 12.8 Å². The van der Waals surface area contributed by atoms with Gasteiger partial charge in [-0.25, -0.2) is 8.42 Å². The van der Waals surface area contributed by atoms with Gasteiger partial charge in [0.15, 0.2) is 9.84 Å². The van der Waals surface area contributed by atoms with Crippen LogP contribution in [0.4, 0.5) is 0 Å². The van der Waals surface area contributed by atoms with Crippen LogP contribution in [0.25, 0.3) is 0 Å². The first kappa shape index (κ1) is 11.4. The summed E-state index contributed by atoms with van der Waals surface area (Å²) in [6.07, 6.45) is 2.53. The number of nitrogens with one attached hydrogen (secondary N) is 1. The first-order valence-electron chi connectivity index (χ1n) is 5.71. The van der Waals surface area contributed by atoms with E-state index in [1.54, 1.807) is 0 Å². The van der Waals surface area contributed by atoms with E-state index in [1.807, 2.05) is 7.05 Å². The van der Waals surface area contributed by atoms with Crippen molar-refractivity contribution in [1.29, 1.82) is 0 Å². The number of hydrogen-bond donors (Lipinski definition) is 1. The van der Waals surface area contributed by atoms with E-state index in [9.17, 15) is 8.42 Å². The Morgan fingerprint density at radius 3 is 2.40 bits per heavy atom. The molecule has 1 saturated carbocycles. The van der Waals surface area contributed by atoms with Gasteiger partial charge < -0.3 is 5.32 Å². The second-order valence-electron chi connectivity index (χ2n) is 4.65. The Bertz CT molecular complexity index is 301. The van der Waals surface area contributed by atoms with Gasteiger partial charge in [0.2, 0.25) is 0 Å². The molecule has 1 N–H and O–H groups in total. The summed E-state index contributed by atoms with van der Waals surface area (Å²) in [6.45, 7) is 2.55. The Labute approximate surface area is 91.9 Å². The average Bonchev–Trinajstić information content (AvgIpc) is 2.16. The van der Waals surface area contributed by atoms with E-state index >= 15 is 0 Å². The van der Waals surface area contributed by atoms with E-state index in [0.29, 0.717) is 17.5 Å². The van der Waals surface area contributed by atoms with Crippen molar-refractivity contribution in [2.75, 3.05) is 38.2 Å². The van der Waals surface area contributed by atoms with E-state index in [-0.39, 0.29) is 0 Å². The molecule has 2 unspecified atom stereocenters. The topological polar surface area (TPSA) is 49.4 Å². The van der Waals surface area contributed by atoms with Crippen LogP contribution in [0.3, 0.4) is 0 Å². The van der Waals surface area contributed by atoms with E-state index in [0.717, 1.165) is 25.6 Å². The highest BCUT2D eigenvalue weighted by atomic mass is 32.2. The highest BCUT2D eigenvalue weighted by molar-refractivity contribution is 7.91. The van der Waals surface area contributed by atoms with Gasteiger partial charge in [-0.15, -0.1) is 0 Å². The summed E-state index contributed by atoms with van der Waals surface area (Å²) in [7, 11) is -0.738. The van der Waals surface area contributed by atoms with Gasteiger partial charge >= 0.3 is 0 Å². The maximum absolute atomic E-state index is 11.3. The van der Waals surface area contributed by atoms with Gasteiger partial charge in [0, 0.05) is 19.1 Å². The zero-order valence-corrected chi connectivity index (χ0v) is 10.1. The number of sulfone groups is 1. The van der Waals surface area contributed by atoms with Crippen molar-refractivity contribution >= 4 is 9.84 Å². The molecule has 88 valence electrons. The lowest BCUT2D eigenvalue weighted by atomic mass is 9.78. The SMILES string of the molecule is CNCC1CCC1N1CCS(=O)(=O)CC1. The Kier molecular flexibility index (Phi) is 3.33. The molecule has 0 bridgehead atoms. The average molecular weight is 232 g/mol. The highest BCUT2D eigenvalue weighted by Crippen LogP contribution is 2.32. The zero-order valence-electron chi connectivity index (χ0n) is 9.28. The zero-order chi connectivity index (χ0) is 10.9. The van der Waals surface area contributed by atoms with Gasteiger partial charge in [-0.05, 0) is 32.4 Å². The van der Waals surface area contributed by atoms with Crippen LogP contribution in [0.5, 0.6) is 0 Å². The summed E-state index contributed by atoms with van der Waals surface area (Å²) in [5, 5.41) is 3.21. The van der Waals surface area contributed by atoms with Gasteiger partial charge in [-0.2, -0.15) is 0 Å². The van der Waals surface area contributed by atoms with Crippen molar-refractivity contribution in [3.8, 4) is 0 Å². The summed E-state index contributed by atoms with van der Waals surface area (Å²) in [5.41, 5.74) is 0. The summed E-state index contributed by atoms with van der Waals surface area (Å²) in [6, 6.07) is 0.632. The molecule has 1 heterocycles. The van der Waals surface area contributed by atoms with Crippen LogP contribution in [-0.4, -0.2) is 57.5 Å². The molecular weight excluding hydrogens is 212 g/mol. The second kappa shape index (κ2) is 4.39. The van der Waals surface area contributed by atoms with Crippen molar-refractivity contribution < 1.29 is 8.42 Å². The van der Waals surface area contributed by atoms with Crippen LogP contribution < -0.4 is 5.32 Å². The van der Waals surface area contributed by atoms with Gasteiger partial charge in [-0.3, -0.25) is 4.90 Å². The molecular formula is C10H20N2O2S. The van der Waals surface area contributed by atoms with Crippen LogP contribution in [0.2, 0.25) is 0 Å². The highest BCUT2D eigenvalue weighted by Gasteiger charge is 2.37. The summed E-state index contributed by atoms with van der Waals surface area (Å²) >= 11 is 0. The Hall–Kier alpha value is -0.130. The minimum Gasteiger partial charge on any atom is -0.319 e. The Morgan fingerprint density at radius 1 is 1.27 bits per heavy atom. The first-order valence-corrected chi connectivity index (χ1v) is 7.53. The molecule has 0 amide bonds. The van der Waals surface area contributed by atoms with Crippen molar-refractivity contribution in [3.05, 3.63) is 0 Å². The molecule has 1 aliphatic carbocycles. The summed E-state index contributed by atoms with van der Waals surface area (Å²) < 4.78 is 22.6. The Morgan fingerprint density at radius 2 is 1.93 bits per heavy atom. The quantitative estimate of drug-likeness (QED) is 0.727. The molecule has 2 fully saturated rings. The van der Waals surface area contributed by atoms with Crippen LogP contribution >= 0.6 is 0 Å². The fraction of sp³-hybridized carbons (Fsp3) is 1.00. The third kappa shape index (κ3) is 2.52. The fourth-order valence-electron chi connectivity index (χ4n) is 2.59. The van der Waals surface area contributed by atoms with Crippen LogP contribution in [0.1, 0.15) is 12.8 Å². The van der Waals surface area contributed by atoms with Gasteiger partial charge in [-0.1, -0.05) is 0 Å². The first-order chi connectivity index (χ1) is 7.12. The van der Waals surface area contributed by atoms with Crippen LogP contribution in [0, 0.1) is 5.92 Å².